The summed E-state index contributed by atoms with van der Waals surface area (Å²) in [4.78, 5) is 26.5. The molecule has 1 fully saturated rings. The zero-order chi connectivity index (χ0) is 32.0. The predicted molar refractivity (Wildman–Crippen MR) is 175 cm³/mol. The van der Waals surface area contributed by atoms with Gasteiger partial charge in [-0.3, -0.25) is 19.2 Å². The molecule has 0 unspecified atom stereocenters. The van der Waals surface area contributed by atoms with Crippen LogP contribution in [-0.2, 0) is 11.8 Å². The van der Waals surface area contributed by atoms with Crippen molar-refractivity contribution in [3.05, 3.63) is 95.3 Å². The highest BCUT2D eigenvalue weighted by Crippen LogP contribution is 2.38. The molecule has 0 radical (unpaired) electrons. The molecule has 11 heteroatoms. The first-order valence-electron chi connectivity index (χ1n) is 15.1. The summed E-state index contributed by atoms with van der Waals surface area (Å²) < 4.78 is 40.0. The molecule has 2 aromatic heterocycles. The zero-order valence-electron chi connectivity index (χ0n) is 26.1. The molecule has 0 amide bonds. The van der Waals surface area contributed by atoms with Crippen LogP contribution in [0.2, 0.25) is 0 Å². The van der Waals surface area contributed by atoms with Crippen molar-refractivity contribution in [2.45, 2.75) is 6.42 Å². The molecule has 3 heterocycles. The highest BCUT2D eigenvalue weighted by atomic mass is 19.1. The van der Waals surface area contributed by atoms with Crippen molar-refractivity contribution in [3.8, 4) is 34.1 Å². The largest absolute Gasteiger partial charge is 0.493 e. The number of pyridine rings is 1. The van der Waals surface area contributed by atoms with E-state index in [1.54, 1.807) is 44.6 Å². The van der Waals surface area contributed by atoms with E-state index in [2.05, 4.69) is 14.9 Å². The van der Waals surface area contributed by atoms with E-state index in [4.69, 9.17) is 18.9 Å². The molecule has 0 N–H and O–H groups in total. The maximum absolute atomic E-state index is 15.5. The number of hydrogen-bond acceptors (Lipinski definition) is 9. The molecule has 0 saturated carbocycles. The first kappa shape index (κ1) is 31.0. The number of hydrogen-bond donors (Lipinski definition) is 0. The first-order valence-corrected chi connectivity index (χ1v) is 15.1. The normalized spacial score (nSPS) is 13.5. The lowest BCUT2D eigenvalue weighted by molar-refractivity contribution is 0.0357. The van der Waals surface area contributed by atoms with Crippen LogP contribution >= 0.6 is 0 Å². The van der Waals surface area contributed by atoms with Crippen molar-refractivity contribution in [2.75, 3.05) is 58.5 Å². The van der Waals surface area contributed by atoms with Gasteiger partial charge in [-0.1, -0.05) is 24.3 Å². The van der Waals surface area contributed by atoms with Gasteiger partial charge >= 0.3 is 0 Å². The molecule has 10 nitrogen and oxygen atoms in total. The minimum atomic E-state index is -0.623. The summed E-state index contributed by atoms with van der Waals surface area (Å²) in [7, 11) is 5.05. The third-order valence-corrected chi connectivity index (χ3v) is 8.02. The van der Waals surface area contributed by atoms with Gasteiger partial charge in [-0.25, -0.2) is 9.37 Å². The molecule has 46 heavy (non-hydrogen) atoms. The van der Waals surface area contributed by atoms with E-state index in [0.717, 1.165) is 45.0 Å². The van der Waals surface area contributed by atoms with Gasteiger partial charge in [-0.2, -0.15) is 0 Å². The van der Waals surface area contributed by atoms with Crippen molar-refractivity contribution in [2.24, 2.45) is 7.05 Å². The third kappa shape index (κ3) is 6.65. The number of morpholine rings is 1. The van der Waals surface area contributed by atoms with Crippen molar-refractivity contribution in [3.63, 3.8) is 0 Å². The Balaban J connectivity index is 1.19. The Morgan fingerprint density at radius 1 is 0.957 bits per heavy atom. The Morgan fingerprint density at radius 2 is 1.76 bits per heavy atom. The minimum Gasteiger partial charge on any atom is -0.493 e. The van der Waals surface area contributed by atoms with E-state index in [1.807, 2.05) is 42.3 Å². The SMILES string of the molecule is COc1cc2c(Oc3ccc(-c4cnc(N(C)c5ccccc5)n(C)c4=O)cc3F)ccnc2cc1OCCCN1CCOCC1. The second-order valence-electron chi connectivity index (χ2n) is 11.0. The zero-order valence-corrected chi connectivity index (χ0v) is 26.1. The Bertz CT molecular complexity index is 1880. The molecule has 0 bridgehead atoms. The van der Waals surface area contributed by atoms with E-state index >= 15 is 4.39 Å². The summed E-state index contributed by atoms with van der Waals surface area (Å²) in [6.45, 7) is 4.86. The van der Waals surface area contributed by atoms with Gasteiger partial charge in [0.15, 0.2) is 23.1 Å². The van der Waals surface area contributed by atoms with Crippen LogP contribution < -0.4 is 24.7 Å². The molecule has 238 valence electrons. The van der Waals surface area contributed by atoms with Crippen molar-refractivity contribution in [1.82, 2.24) is 19.4 Å². The van der Waals surface area contributed by atoms with Gasteiger partial charge in [-0.15, -0.1) is 0 Å². The predicted octanol–water partition coefficient (Wildman–Crippen LogP) is 5.80. The fourth-order valence-electron chi connectivity index (χ4n) is 5.47. The lowest BCUT2D eigenvalue weighted by Gasteiger charge is -2.26. The van der Waals surface area contributed by atoms with Gasteiger partial charge in [0.2, 0.25) is 5.95 Å². The third-order valence-electron chi connectivity index (χ3n) is 8.02. The van der Waals surface area contributed by atoms with Crippen molar-refractivity contribution >= 4 is 22.5 Å². The summed E-state index contributed by atoms with van der Waals surface area (Å²) in [5.74, 6) is 1.35. The van der Waals surface area contributed by atoms with Crippen molar-refractivity contribution in [1.29, 1.82) is 0 Å². The average molecular weight is 626 g/mol. The van der Waals surface area contributed by atoms with E-state index in [-0.39, 0.29) is 16.9 Å². The number of benzene rings is 3. The standard InChI is InChI=1S/C35H36FN5O5/c1-39(25-8-5-4-6-9-25)35-38-23-27(34(42)40(35)2)24-10-11-31(28(36)20-24)46-30-12-13-37-29-22-33(32(43-3)21-26(29)30)45-17-7-14-41-15-18-44-19-16-41/h4-6,8-13,20-23H,7,14-19H2,1-3H3. The lowest BCUT2D eigenvalue weighted by atomic mass is 10.1. The number of aromatic nitrogens is 3. The number of nitrogens with zero attached hydrogens (tertiary/aromatic N) is 5. The van der Waals surface area contributed by atoms with E-state index in [9.17, 15) is 4.79 Å². The van der Waals surface area contributed by atoms with E-state index in [0.29, 0.717) is 46.3 Å². The number of rotatable bonds is 11. The summed E-state index contributed by atoms with van der Waals surface area (Å²) in [6.07, 6.45) is 3.93. The van der Waals surface area contributed by atoms with Gasteiger partial charge in [-0.05, 0) is 48.4 Å². The Morgan fingerprint density at radius 3 is 2.52 bits per heavy atom. The molecule has 1 aliphatic rings. The van der Waals surface area contributed by atoms with Crippen LogP contribution in [0.25, 0.3) is 22.0 Å². The van der Waals surface area contributed by atoms with Gasteiger partial charge < -0.3 is 23.8 Å². The fraction of sp³-hybridized carbons (Fsp3) is 0.286. The number of methoxy groups -OCH3 is 1. The quantitative estimate of drug-likeness (QED) is 0.169. The number of para-hydroxylation sites is 1. The highest BCUT2D eigenvalue weighted by molar-refractivity contribution is 5.88. The smallest absolute Gasteiger partial charge is 0.262 e. The van der Waals surface area contributed by atoms with E-state index in [1.165, 1.54) is 22.9 Å². The van der Waals surface area contributed by atoms with Crippen molar-refractivity contribution < 1.29 is 23.3 Å². The number of fused-ring (bicyclic) bond motifs is 1. The topological polar surface area (TPSA) is 91.2 Å². The molecule has 5 aromatic rings. The van der Waals surface area contributed by atoms with Crippen LogP contribution in [0.3, 0.4) is 0 Å². The molecule has 0 spiro atoms. The van der Waals surface area contributed by atoms with Crippen LogP contribution in [0.1, 0.15) is 6.42 Å². The molecule has 3 aromatic carbocycles. The molecular formula is C35H36FN5O5. The summed E-state index contributed by atoms with van der Waals surface area (Å²) in [5, 5.41) is 0.639. The molecule has 1 saturated heterocycles. The maximum atomic E-state index is 15.5. The van der Waals surface area contributed by atoms with Gasteiger partial charge in [0.25, 0.3) is 5.56 Å². The van der Waals surface area contributed by atoms with Crippen LogP contribution in [0.5, 0.6) is 23.0 Å². The Hall–Kier alpha value is -5.00. The maximum Gasteiger partial charge on any atom is 0.262 e. The van der Waals surface area contributed by atoms with Crippen LogP contribution in [0, 0.1) is 5.82 Å². The minimum absolute atomic E-state index is 0.00358. The number of halogens is 1. The van der Waals surface area contributed by atoms with Crippen LogP contribution in [-0.4, -0.2) is 73.0 Å². The first-order chi connectivity index (χ1) is 22.4. The highest BCUT2D eigenvalue weighted by Gasteiger charge is 2.18. The summed E-state index contributed by atoms with van der Waals surface area (Å²) >= 11 is 0. The second-order valence-corrected chi connectivity index (χ2v) is 11.0. The second kappa shape index (κ2) is 14.0. The molecular weight excluding hydrogens is 589 g/mol. The number of anilines is 2. The van der Waals surface area contributed by atoms with Crippen LogP contribution in [0.15, 0.2) is 83.9 Å². The molecule has 0 aliphatic carbocycles. The van der Waals surface area contributed by atoms with Gasteiger partial charge in [0.1, 0.15) is 5.75 Å². The molecule has 0 atom stereocenters. The van der Waals surface area contributed by atoms with Gasteiger partial charge in [0, 0.05) is 63.3 Å². The lowest BCUT2D eigenvalue weighted by Crippen LogP contribution is -2.37. The summed E-state index contributed by atoms with van der Waals surface area (Å²) in [6, 6.07) is 19.3. The molecule has 6 rings (SSSR count). The van der Waals surface area contributed by atoms with Gasteiger partial charge in [0.05, 0.1) is 38.0 Å². The van der Waals surface area contributed by atoms with E-state index < -0.39 is 5.82 Å². The Labute approximate surface area is 266 Å². The average Bonchev–Trinajstić information content (AvgIpc) is 3.09. The fourth-order valence-corrected chi connectivity index (χ4v) is 5.47. The molecule has 1 aliphatic heterocycles. The Kier molecular flexibility index (Phi) is 9.41. The van der Waals surface area contributed by atoms with Crippen LogP contribution in [0.4, 0.5) is 16.0 Å². The monoisotopic (exact) mass is 625 g/mol. The number of ether oxygens (including phenoxy) is 4. The summed E-state index contributed by atoms with van der Waals surface area (Å²) in [5.41, 5.74) is 1.87.